The van der Waals surface area contributed by atoms with E-state index in [0.717, 1.165) is 56.8 Å². The molecular weight excluding hydrogens is 380 g/mol. The van der Waals surface area contributed by atoms with Crippen molar-refractivity contribution in [1.82, 2.24) is 0 Å². The van der Waals surface area contributed by atoms with E-state index in [-0.39, 0.29) is 16.2 Å². The molecule has 1 aliphatic heterocycles. The summed E-state index contributed by atoms with van der Waals surface area (Å²) in [6.45, 7) is 4.25. The fraction of sp³-hybridized carbons (Fsp3) is 0.350. The fourth-order valence-corrected chi connectivity index (χ4v) is 4.26. The zero-order chi connectivity index (χ0) is 20.3. The number of anilines is 2. The molecule has 7 nitrogen and oxygen atoms in total. The molecule has 1 saturated heterocycles. The van der Waals surface area contributed by atoms with Crippen LogP contribution in [0.1, 0.15) is 30.1 Å². The second-order valence-electron chi connectivity index (χ2n) is 6.99. The number of methoxy groups -OCH3 is 1. The van der Waals surface area contributed by atoms with Gasteiger partial charge in [0.25, 0.3) is 10.0 Å². The molecule has 0 amide bonds. The van der Waals surface area contributed by atoms with Gasteiger partial charge in [-0.25, -0.2) is 13.2 Å². The van der Waals surface area contributed by atoms with Gasteiger partial charge in [-0.3, -0.25) is 4.72 Å². The van der Waals surface area contributed by atoms with Crippen LogP contribution in [-0.2, 0) is 14.8 Å². The summed E-state index contributed by atoms with van der Waals surface area (Å²) in [4.78, 5) is 13.8. The molecule has 0 spiro atoms. The van der Waals surface area contributed by atoms with Gasteiger partial charge in [0, 0.05) is 24.5 Å². The molecule has 0 aliphatic carbocycles. The lowest BCUT2D eigenvalue weighted by molar-refractivity contribution is 0.0597. The Hall–Kier alpha value is -2.74. The number of nitrogens with one attached hydrogen (secondary N) is 1. The molecule has 2 aromatic rings. The Kier molecular flexibility index (Phi) is 5.79. The number of carbonyl (C=O) groups excluding carboxylic acids is 1. The molecule has 3 rings (SSSR count). The van der Waals surface area contributed by atoms with E-state index in [1.807, 2.05) is 12.1 Å². The van der Waals surface area contributed by atoms with Gasteiger partial charge >= 0.3 is 5.97 Å². The van der Waals surface area contributed by atoms with Crippen molar-refractivity contribution in [3.63, 3.8) is 0 Å². The van der Waals surface area contributed by atoms with E-state index in [1.165, 1.54) is 6.07 Å². The molecule has 0 aromatic heterocycles. The summed E-state index contributed by atoms with van der Waals surface area (Å²) in [5.74, 6) is -0.414. The van der Waals surface area contributed by atoms with Crippen molar-refractivity contribution in [2.75, 3.05) is 29.8 Å². The lowest BCUT2D eigenvalue weighted by atomic mass is 9.99. The first-order valence-electron chi connectivity index (χ1n) is 9.09. The van der Waals surface area contributed by atoms with Crippen LogP contribution in [0.25, 0.3) is 0 Å². The summed E-state index contributed by atoms with van der Waals surface area (Å²) in [6.07, 6.45) is 2.30. The Morgan fingerprint density at radius 2 is 1.79 bits per heavy atom. The predicted octanol–water partition coefficient (Wildman–Crippen LogP) is 3.22. The third kappa shape index (κ3) is 4.39. The molecule has 1 heterocycles. The molecule has 0 unspecified atom stereocenters. The van der Waals surface area contributed by atoms with Crippen molar-refractivity contribution in [3.05, 3.63) is 48.0 Å². The Balaban J connectivity index is 1.76. The highest BCUT2D eigenvalue weighted by Gasteiger charge is 2.20. The van der Waals surface area contributed by atoms with Crippen LogP contribution in [0.4, 0.5) is 11.4 Å². The Labute approximate surface area is 165 Å². The minimum Gasteiger partial charge on any atom is -0.507 e. The molecule has 0 radical (unpaired) electrons. The van der Waals surface area contributed by atoms with Crippen molar-refractivity contribution in [2.24, 2.45) is 5.92 Å². The minimum absolute atomic E-state index is 0.139. The first-order chi connectivity index (χ1) is 13.3. The Bertz CT molecular complexity index is 949. The second kappa shape index (κ2) is 8.10. The lowest BCUT2D eigenvalue weighted by Crippen LogP contribution is -2.32. The van der Waals surface area contributed by atoms with E-state index in [0.29, 0.717) is 5.69 Å². The quantitative estimate of drug-likeness (QED) is 0.743. The highest BCUT2D eigenvalue weighted by atomic mass is 32.2. The van der Waals surface area contributed by atoms with Gasteiger partial charge in [-0.15, -0.1) is 0 Å². The molecule has 0 atom stereocenters. The van der Waals surface area contributed by atoms with E-state index >= 15 is 0 Å². The number of nitrogens with zero attached hydrogens (tertiary/aromatic N) is 1. The van der Waals surface area contributed by atoms with E-state index in [2.05, 4.69) is 21.3 Å². The molecule has 2 N–H and O–H groups in total. The lowest BCUT2D eigenvalue weighted by Gasteiger charge is -2.32. The standard InChI is InChI=1S/C20H24N2O5S/c1-14-9-11-22(12-10-14)16-5-3-15(4-6-16)21-28(25,26)17-7-8-19(23)18(13-17)20(24)27-2/h3-8,13-14,21,23H,9-12H2,1-2H3. The number of piperidine rings is 1. The third-order valence-electron chi connectivity index (χ3n) is 4.95. The number of phenols is 1. The number of hydrogen-bond acceptors (Lipinski definition) is 6. The highest BCUT2D eigenvalue weighted by molar-refractivity contribution is 7.92. The molecule has 1 aliphatic rings. The molecule has 28 heavy (non-hydrogen) atoms. The van der Waals surface area contributed by atoms with Crippen LogP contribution in [0.2, 0.25) is 0 Å². The smallest absolute Gasteiger partial charge is 0.341 e. The summed E-state index contributed by atoms with van der Waals surface area (Å²) >= 11 is 0. The van der Waals surface area contributed by atoms with Gasteiger partial charge in [0.1, 0.15) is 11.3 Å². The molecule has 8 heteroatoms. The highest BCUT2D eigenvalue weighted by Crippen LogP contribution is 2.26. The number of phenolic OH excluding ortho intramolecular Hbond substituents is 1. The van der Waals surface area contributed by atoms with Crippen molar-refractivity contribution in [3.8, 4) is 5.75 Å². The average molecular weight is 404 g/mol. The van der Waals surface area contributed by atoms with E-state index in [9.17, 15) is 18.3 Å². The first kappa shape index (κ1) is 20.0. The monoisotopic (exact) mass is 404 g/mol. The normalized spacial score (nSPS) is 15.3. The predicted molar refractivity (Wildman–Crippen MR) is 107 cm³/mol. The molecule has 0 saturated carbocycles. The maximum Gasteiger partial charge on any atom is 0.341 e. The summed E-state index contributed by atoms with van der Waals surface area (Å²) in [6, 6.07) is 10.7. The van der Waals surface area contributed by atoms with E-state index in [4.69, 9.17) is 0 Å². The molecule has 150 valence electrons. The van der Waals surface area contributed by atoms with Crippen LogP contribution in [-0.4, -0.2) is 39.7 Å². The van der Waals surface area contributed by atoms with Crippen molar-refractivity contribution in [1.29, 1.82) is 0 Å². The fourth-order valence-electron chi connectivity index (χ4n) is 3.18. The number of sulfonamides is 1. The van der Waals surface area contributed by atoms with Gasteiger partial charge in [-0.1, -0.05) is 6.92 Å². The van der Waals surface area contributed by atoms with Gasteiger partial charge in [0.2, 0.25) is 0 Å². The Morgan fingerprint density at radius 1 is 1.14 bits per heavy atom. The second-order valence-corrected chi connectivity index (χ2v) is 8.67. The summed E-state index contributed by atoms with van der Waals surface area (Å²) in [5, 5.41) is 9.74. The number of benzene rings is 2. The number of hydrogen-bond donors (Lipinski definition) is 2. The van der Waals surface area contributed by atoms with Crippen molar-refractivity contribution >= 4 is 27.4 Å². The van der Waals surface area contributed by atoms with Crippen LogP contribution in [0.15, 0.2) is 47.4 Å². The van der Waals surface area contributed by atoms with Gasteiger partial charge < -0.3 is 14.7 Å². The van der Waals surface area contributed by atoms with Crippen LogP contribution in [0.5, 0.6) is 5.75 Å². The van der Waals surface area contributed by atoms with Crippen LogP contribution in [0.3, 0.4) is 0 Å². The minimum atomic E-state index is -3.92. The van der Waals surface area contributed by atoms with Gasteiger partial charge in [0.05, 0.1) is 12.0 Å². The maximum atomic E-state index is 12.6. The summed E-state index contributed by atoms with van der Waals surface area (Å²) in [5.41, 5.74) is 1.27. The van der Waals surface area contributed by atoms with Crippen LogP contribution < -0.4 is 9.62 Å². The number of ether oxygens (including phenoxy) is 1. The molecule has 2 aromatic carbocycles. The van der Waals surface area contributed by atoms with E-state index < -0.39 is 16.0 Å². The first-order valence-corrected chi connectivity index (χ1v) is 10.6. The van der Waals surface area contributed by atoms with Gasteiger partial charge in [-0.05, 0) is 61.2 Å². The maximum absolute atomic E-state index is 12.6. The number of rotatable bonds is 5. The average Bonchev–Trinajstić information content (AvgIpc) is 2.68. The van der Waals surface area contributed by atoms with Gasteiger partial charge in [0.15, 0.2) is 0 Å². The zero-order valence-corrected chi connectivity index (χ0v) is 16.7. The van der Waals surface area contributed by atoms with Crippen molar-refractivity contribution < 1.29 is 23.1 Å². The van der Waals surface area contributed by atoms with Gasteiger partial charge in [-0.2, -0.15) is 0 Å². The van der Waals surface area contributed by atoms with E-state index in [1.54, 1.807) is 12.1 Å². The number of aromatic hydroxyl groups is 1. The Morgan fingerprint density at radius 3 is 2.39 bits per heavy atom. The van der Waals surface area contributed by atoms with Crippen molar-refractivity contribution in [2.45, 2.75) is 24.7 Å². The molecule has 0 bridgehead atoms. The summed E-state index contributed by atoms with van der Waals surface area (Å²) < 4.78 is 32.3. The third-order valence-corrected chi connectivity index (χ3v) is 6.33. The number of carbonyl (C=O) groups is 1. The summed E-state index contributed by atoms with van der Waals surface area (Å²) in [7, 11) is -2.76. The topological polar surface area (TPSA) is 95.9 Å². The molecule has 1 fully saturated rings. The largest absolute Gasteiger partial charge is 0.507 e. The van der Waals surface area contributed by atoms with Crippen LogP contribution in [0, 0.1) is 5.92 Å². The van der Waals surface area contributed by atoms with Crippen LogP contribution >= 0.6 is 0 Å². The molecular formula is C20H24N2O5S. The zero-order valence-electron chi connectivity index (χ0n) is 15.9. The number of esters is 1. The SMILES string of the molecule is COC(=O)c1cc(S(=O)(=O)Nc2ccc(N3CCC(C)CC3)cc2)ccc1O.